The number of hydrogen-bond donors (Lipinski definition) is 2. The molecule has 2 amide bonds. The van der Waals surface area contributed by atoms with Crippen molar-refractivity contribution in [2.75, 3.05) is 26.2 Å². The van der Waals surface area contributed by atoms with Gasteiger partial charge in [0, 0.05) is 32.6 Å². The maximum Gasteiger partial charge on any atom is 0.257 e. The highest BCUT2D eigenvalue weighted by atomic mass is 16.3. The van der Waals surface area contributed by atoms with E-state index in [1.807, 2.05) is 13.0 Å². The standard InChI is InChI=1S/C20H28N2O4/c1-14-3-4-16(17(24)11-14)19(26)21-9-7-20(8-10-21)6-5-18(25)22(13-20)12-15(2)23/h3-4,11,15,23-24H,5-10,12-13H2,1-2H3/t15-/m1/s1. The Labute approximate surface area is 154 Å². The van der Waals surface area contributed by atoms with Crippen LogP contribution in [0.5, 0.6) is 5.75 Å². The molecule has 1 aromatic rings. The fourth-order valence-corrected chi connectivity index (χ4v) is 4.17. The smallest absolute Gasteiger partial charge is 0.257 e. The van der Waals surface area contributed by atoms with Gasteiger partial charge in [0.2, 0.25) is 5.91 Å². The van der Waals surface area contributed by atoms with E-state index in [2.05, 4.69) is 0 Å². The molecule has 0 bridgehead atoms. The Kier molecular flexibility index (Phi) is 5.23. The maximum absolute atomic E-state index is 12.7. The molecule has 0 radical (unpaired) electrons. The Balaban J connectivity index is 1.65. The summed E-state index contributed by atoms with van der Waals surface area (Å²) in [5, 5.41) is 19.7. The van der Waals surface area contributed by atoms with Crippen molar-refractivity contribution in [3.8, 4) is 5.75 Å². The second-order valence-electron chi connectivity index (χ2n) is 7.94. The number of phenols is 1. The molecule has 2 N–H and O–H groups in total. The highest BCUT2D eigenvalue weighted by Crippen LogP contribution is 2.40. The molecule has 142 valence electrons. The molecule has 1 aromatic carbocycles. The summed E-state index contributed by atoms with van der Waals surface area (Å²) >= 11 is 0. The molecular weight excluding hydrogens is 332 g/mol. The van der Waals surface area contributed by atoms with E-state index in [0.717, 1.165) is 24.8 Å². The number of carbonyl (C=O) groups excluding carboxylic acids is 2. The molecule has 2 aliphatic rings. The molecule has 6 heteroatoms. The summed E-state index contributed by atoms with van der Waals surface area (Å²) < 4.78 is 0. The maximum atomic E-state index is 12.7. The molecule has 2 aliphatic heterocycles. The van der Waals surface area contributed by atoms with Gasteiger partial charge in [0.15, 0.2) is 0 Å². The predicted molar refractivity (Wildman–Crippen MR) is 97.9 cm³/mol. The molecule has 0 aliphatic carbocycles. The molecule has 6 nitrogen and oxygen atoms in total. The van der Waals surface area contributed by atoms with Crippen LogP contribution in [0.15, 0.2) is 18.2 Å². The van der Waals surface area contributed by atoms with Crippen molar-refractivity contribution in [1.82, 2.24) is 9.80 Å². The van der Waals surface area contributed by atoms with Crippen molar-refractivity contribution < 1.29 is 19.8 Å². The molecule has 2 saturated heterocycles. The van der Waals surface area contributed by atoms with Crippen molar-refractivity contribution >= 4 is 11.8 Å². The number of rotatable bonds is 3. The number of likely N-dealkylation sites (tertiary alicyclic amines) is 2. The van der Waals surface area contributed by atoms with E-state index >= 15 is 0 Å². The number of aromatic hydroxyl groups is 1. The lowest BCUT2D eigenvalue weighted by Gasteiger charge is -2.47. The van der Waals surface area contributed by atoms with Crippen LogP contribution in [0, 0.1) is 12.3 Å². The topological polar surface area (TPSA) is 81.1 Å². The van der Waals surface area contributed by atoms with Gasteiger partial charge in [-0.2, -0.15) is 0 Å². The van der Waals surface area contributed by atoms with Crippen LogP contribution in [-0.2, 0) is 4.79 Å². The molecule has 2 heterocycles. The van der Waals surface area contributed by atoms with Crippen LogP contribution in [0.1, 0.15) is 48.5 Å². The van der Waals surface area contributed by atoms with Gasteiger partial charge in [-0.05, 0) is 56.2 Å². The van der Waals surface area contributed by atoms with E-state index in [9.17, 15) is 19.8 Å². The minimum atomic E-state index is -0.528. The van der Waals surface area contributed by atoms with Crippen molar-refractivity contribution in [2.24, 2.45) is 5.41 Å². The van der Waals surface area contributed by atoms with Crippen LogP contribution in [0.4, 0.5) is 0 Å². The summed E-state index contributed by atoms with van der Waals surface area (Å²) in [5.74, 6) is 0.00587. The molecule has 0 saturated carbocycles. The number of aliphatic hydroxyl groups is 1. The third-order valence-electron chi connectivity index (χ3n) is 5.73. The zero-order valence-electron chi connectivity index (χ0n) is 15.6. The van der Waals surface area contributed by atoms with E-state index < -0.39 is 6.10 Å². The van der Waals surface area contributed by atoms with Gasteiger partial charge in [-0.25, -0.2) is 0 Å². The molecule has 1 spiro atoms. The number of phenolic OH excluding ortho intramolecular Hbond substituents is 1. The highest BCUT2D eigenvalue weighted by molar-refractivity contribution is 5.97. The Bertz CT molecular complexity index is 693. The molecule has 0 unspecified atom stereocenters. The van der Waals surface area contributed by atoms with Gasteiger partial charge in [-0.15, -0.1) is 0 Å². The fraction of sp³-hybridized carbons (Fsp3) is 0.600. The predicted octanol–water partition coefficient (Wildman–Crippen LogP) is 1.93. The van der Waals surface area contributed by atoms with E-state index in [0.29, 0.717) is 38.2 Å². The number of aryl methyl sites for hydroxylation is 1. The number of benzene rings is 1. The van der Waals surface area contributed by atoms with E-state index in [4.69, 9.17) is 0 Å². The first-order chi connectivity index (χ1) is 12.3. The van der Waals surface area contributed by atoms with Crippen LogP contribution in [-0.4, -0.2) is 64.1 Å². The lowest BCUT2D eigenvalue weighted by molar-refractivity contribution is -0.140. The molecular formula is C20H28N2O4. The monoisotopic (exact) mass is 360 g/mol. The summed E-state index contributed by atoms with van der Waals surface area (Å²) in [6, 6.07) is 5.12. The van der Waals surface area contributed by atoms with Crippen LogP contribution in [0.2, 0.25) is 0 Å². The number of carbonyl (C=O) groups is 2. The second-order valence-corrected chi connectivity index (χ2v) is 7.94. The summed E-state index contributed by atoms with van der Waals surface area (Å²) in [7, 11) is 0. The van der Waals surface area contributed by atoms with E-state index in [-0.39, 0.29) is 23.0 Å². The largest absolute Gasteiger partial charge is 0.507 e. The number of amides is 2. The van der Waals surface area contributed by atoms with Crippen LogP contribution in [0.3, 0.4) is 0 Å². The zero-order valence-corrected chi connectivity index (χ0v) is 15.6. The van der Waals surface area contributed by atoms with Gasteiger partial charge in [0.05, 0.1) is 11.7 Å². The molecule has 26 heavy (non-hydrogen) atoms. The van der Waals surface area contributed by atoms with Gasteiger partial charge in [0.1, 0.15) is 5.75 Å². The van der Waals surface area contributed by atoms with E-state index in [1.54, 1.807) is 28.9 Å². The Morgan fingerprint density at radius 1 is 1.27 bits per heavy atom. The summed E-state index contributed by atoms with van der Waals surface area (Å²) in [4.78, 5) is 28.4. The first kappa shape index (κ1) is 18.7. The fourth-order valence-electron chi connectivity index (χ4n) is 4.17. The molecule has 0 aromatic heterocycles. The third-order valence-corrected chi connectivity index (χ3v) is 5.73. The van der Waals surface area contributed by atoms with Gasteiger partial charge in [0.25, 0.3) is 5.91 Å². The quantitative estimate of drug-likeness (QED) is 0.863. The third kappa shape index (κ3) is 3.85. The highest BCUT2D eigenvalue weighted by Gasteiger charge is 2.42. The number of nitrogens with zero attached hydrogens (tertiary/aromatic N) is 2. The van der Waals surface area contributed by atoms with Crippen LogP contribution in [0.25, 0.3) is 0 Å². The SMILES string of the molecule is Cc1ccc(C(=O)N2CCC3(CCC(=O)N(C[C@@H](C)O)C3)CC2)c(O)c1. The number of aliphatic hydroxyl groups excluding tert-OH is 1. The minimum absolute atomic E-state index is 0.0293. The Morgan fingerprint density at radius 3 is 2.58 bits per heavy atom. The van der Waals surface area contributed by atoms with Crippen molar-refractivity contribution in [3.63, 3.8) is 0 Å². The molecule has 2 fully saturated rings. The Hall–Kier alpha value is -2.08. The average Bonchev–Trinajstić information content (AvgIpc) is 2.58. The lowest BCUT2D eigenvalue weighted by Crippen LogP contribution is -2.53. The first-order valence-corrected chi connectivity index (χ1v) is 9.34. The molecule has 3 rings (SSSR count). The number of piperidine rings is 2. The average molecular weight is 360 g/mol. The first-order valence-electron chi connectivity index (χ1n) is 9.34. The Morgan fingerprint density at radius 2 is 1.96 bits per heavy atom. The second kappa shape index (κ2) is 7.27. The van der Waals surface area contributed by atoms with Crippen LogP contribution < -0.4 is 0 Å². The van der Waals surface area contributed by atoms with E-state index in [1.165, 1.54) is 0 Å². The van der Waals surface area contributed by atoms with Gasteiger partial charge < -0.3 is 20.0 Å². The van der Waals surface area contributed by atoms with Gasteiger partial charge >= 0.3 is 0 Å². The van der Waals surface area contributed by atoms with Crippen LogP contribution >= 0.6 is 0 Å². The summed E-state index contributed by atoms with van der Waals surface area (Å²) in [5.41, 5.74) is 1.30. The van der Waals surface area contributed by atoms with Crippen molar-refractivity contribution in [1.29, 1.82) is 0 Å². The number of hydrogen-bond acceptors (Lipinski definition) is 4. The minimum Gasteiger partial charge on any atom is -0.507 e. The van der Waals surface area contributed by atoms with Gasteiger partial charge in [-0.1, -0.05) is 6.07 Å². The normalized spacial score (nSPS) is 21.1. The lowest BCUT2D eigenvalue weighted by atomic mass is 9.72. The summed E-state index contributed by atoms with van der Waals surface area (Å²) in [6.45, 7) is 5.87. The summed E-state index contributed by atoms with van der Waals surface area (Å²) in [6.07, 6.45) is 2.52. The molecule has 1 atom stereocenters. The van der Waals surface area contributed by atoms with Crippen molar-refractivity contribution in [2.45, 2.75) is 45.6 Å². The number of β-amino-alcohol motifs (C(OH)–C–C–N with tert-alkyl or cyclic N) is 1. The van der Waals surface area contributed by atoms with Gasteiger partial charge in [-0.3, -0.25) is 9.59 Å². The van der Waals surface area contributed by atoms with Crippen molar-refractivity contribution in [3.05, 3.63) is 29.3 Å². The zero-order chi connectivity index (χ0) is 18.9.